The molecule has 0 unspecified atom stereocenters. The summed E-state index contributed by atoms with van der Waals surface area (Å²) in [4.78, 5) is 0. The Bertz CT molecular complexity index is 1560. The van der Waals surface area contributed by atoms with Crippen LogP contribution in [-0.2, 0) is 13.1 Å². The van der Waals surface area contributed by atoms with Crippen molar-refractivity contribution in [3.63, 3.8) is 0 Å². The van der Waals surface area contributed by atoms with E-state index < -0.39 is 0 Å². The van der Waals surface area contributed by atoms with Crippen LogP contribution in [0.1, 0.15) is 44.5 Å². The molecule has 0 bridgehead atoms. The van der Waals surface area contributed by atoms with Crippen LogP contribution in [0.2, 0.25) is 0 Å². The van der Waals surface area contributed by atoms with Crippen LogP contribution in [0.4, 0.5) is 0 Å². The van der Waals surface area contributed by atoms with Gasteiger partial charge in [0.25, 0.3) is 0 Å². The summed E-state index contributed by atoms with van der Waals surface area (Å²) < 4.78 is 0. The minimum absolute atomic E-state index is 0.757. The number of hydrogen-bond acceptors (Lipinski definition) is 0. The summed E-state index contributed by atoms with van der Waals surface area (Å²) in [5.74, 6) is 0. The molecule has 0 aromatic heterocycles. The van der Waals surface area contributed by atoms with E-state index >= 15 is 0 Å². The van der Waals surface area contributed by atoms with Gasteiger partial charge in [-0.2, -0.15) is 22.6 Å². The molecule has 0 saturated carbocycles. The fraction of sp³-hybridized carbons (Fsp3) is 0.176. The number of hydrogen-bond donors (Lipinski definition) is 0. The number of benzene rings is 5. The number of aryl methyl sites for hydroxylation is 6. The molecule has 5 rings (SSSR count). The molecule has 0 N–H and O–H groups in total. The first-order valence-electron chi connectivity index (χ1n) is 12.2. The zero-order valence-electron chi connectivity index (χ0n) is 22.0. The van der Waals surface area contributed by atoms with Gasteiger partial charge in [-0.1, -0.05) is 122 Å². The number of halogens is 2. The van der Waals surface area contributed by atoms with Crippen molar-refractivity contribution >= 4 is 53.9 Å². The van der Waals surface area contributed by atoms with Gasteiger partial charge in [0.2, 0.25) is 0 Å². The van der Waals surface area contributed by atoms with Gasteiger partial charge in [0.1, 0.15) is 0 Å². The first kappa shape index (κ1) is 27.5. The van der Waals surface area contributed by atoms with Crippen molar-refractivity contribution in [2.45, 2.75) is 41.5 Å². The molecule has 0 saturated heterocycles. The molecule has 193 valence electrons. The predicted octanol–water partition coefficient (Wildman–Crippen LogP) is 8.63. The summed E-state index contributed by atoms with van der Waals surface area (Å²) in [6, 6.07) is 26.4. The Labute approximate surface area is 235 Å². The molecule has 37 heavy (non-hydrogen) atoms. The van der Waals surface area contributed by atoms with E-state index in [0.29, 0.717) is 0 Å². The second-order valence-corrected chi connectivity index (χ2v) is 11.2. The van der Waals surface area contributed by atoms with Crippen molar-refractivity contribution < 1.29 is 13.1 Å². The molecule has 3 heteroatoms. The maximum absolute atomic E-state index is 4.67. The van der Waals surface area contributed by atoms with E-state index in [1.165, 1.54) is 66.1 Å². The SMILES string of the molecule is Cc1cc(C)c([C-]=c2c(=[C-]c3c(C)cc(C)cc3C)c3ccccc3c3ccccc23)c(C)c1.[Cl][Cu][Cl]. The van der Waals surface area contributed by atoms with E-state index in [0.717, 1.165) is 23.6 Å². The Morgan fingerprint density at radius 2 is 0.757 bits per heavy atom. The Kier molecular flexibility index (Phi) is 8.83. The van der Waals surface area contributed by atoms with E-state index in [-0.39, 0.29) is 0 Å². The fourth-order valence-corrected chi connectivity index (χ4v) is 5.41. The molecule has 5 aromatic carbocycles. The van der Waals surface area contributed by atoms with Gasteiger partial charge in [-0.15, -0.1) is 44.2 Å². The van der Waals surface area contributed by atoms with Gasteiger partial charge in [-0.25, -0.2) is 0 Å². The Morgan fingerprint density at radius 3 is 1.05 bits per heavy atom. The number of rotatable bonds is 2. The van der Waals surface area contributed by atoms with Crippen molar-refractivity contribution in [1.29, 1.82) is 0 Å². The van der Waals surface area contributed by atoms with Crippen molar-refractivity contribution in [2.75, 3.05) is 0 Å². The van der Waals surface area contributed by atoms with E-state index in [4.69, 9.17) is 0 Å². The second kappa shape index (κ2) is 11.9. The molecule has 5 aromatic rings. The third-order valence-electron chi connectivity index (χ3n) is 6.79. The van der Waals surface area contributed by atoms with Crippen LogP contribution in [-0.4, -0.2) is 0 Å². The Balaban J connectivity index is 0.00000102. The molecule has 0 amide bonds. The summed E-state index contributed by atoms with van der Waals surface area (Å²) in [5, 5.41) is 7.17. The molecule has 0 heterocycles. The van der Waals surface area contributed by atoms with Crippen molar-refractivity contribution in [3.05, 3.63) is 128 Å². The summed E-state index contributed by atoms with van der Waals surface area (Å²) in [7, 11) is 9.34. The topological polar surface area (TPSA) is 0 Å². The van der Waals surface area contributed by atoms with Gasteiger partial charge in [0.05, 0.1) is 0 Å². The van der Waals surface area contributed by atoms with Gasteiger partial charge >= 0.3 is 33.3 Å². The van der Waals surface area contributed by atoms with E-state index in [1.807, 2.05) is 0 Å². The molecular weight excluding hydrogens is 543 g/mol. The van der Waals surface area contributed by atoms with Crippen LogP contribution in [0.3, 0.4) is 0 Å². The van der Waals surface area contributed by atoms with Crippen LogP contribution < -0.4 is 10.4 Å². The normalized spacial score (nSPS) is 12.3. The predicted molar refractivity (Wildman–Crippen MR) is 159 cm³/mol. The van der Waals surface area contributed by atoms with Crippen LogP contribution in [0.25, 0.3) is 33.7 Å². The monoisotopic (exact) mass is 571 g/mol. The summed E-state index contributed by atoms with van der Waals surface area (Å²) in [5.41, 5.74) is 9.93. The average Bonchev–Trinajstić information content (AvgIpc) is 2.84. The Hall–Kier alpha value is -2.54. The molecule has 0 radical (unpaired) electrons. The minimum atomic E-state index is 0.757. The molecule has 0 fully saturated rings. The molecule has 0 nitrogen and oxygen atoms in total. The van der Waals surface area contributed by atoms with Gasteiger partial charge in [-0.05, 0) is 13.8 Å². The summed E-state index contributed by atoms with van der Waals surface area (Å²) in [6.07, 6.45) is 7.76. The third-order valence-corrected chi connectivity index (χ3v) is 6.79. The third kappa shape index (κ3) is 5.82. The summed E-state index contributed by atoms with van der Waals surface area (Å²) >= 11 is 0.757. The molecule has 0 atom stereocenters. The van der Waals surface area contributed by atoms with Gasteiger partial charge in [0, 0.05) is 0 Å². The molecule has 0 aliphatic heterocycles. The summed E-state index contributed by atoms with van der Waals surface area (Å²) in [6.45, 7) is 13.1. The fourth-order valence-electron chi connectivity index (χ4n) is 5.41. The van der Waals surface area contributed by atoms with Crippen LogP contribution in [0.15, 0.2) is 72.8 Å². The second-order valence-electron chi connectivity index (χ2n) is 9.68. The molecular formula is C34H30Cl2Cu-2. The van der Waals surface area contributed by atoms with Crippen molar-refractivity contribution in [1.82, 2.24) is 0 Å². The van der Waals surface area contributed by atoms with E-state index in [9.17, 15) is 0 Å². The molecule has 0 spiro atoms. The molecule has 0 aliphatic carbocycles. The quantitative estimate of drug-likeness (QED) is 0.113. The first-order valence-corrected chi connectivity index (χ1v) is 14.8. The average molecular weight is 573 g/mol. The first-order chi connectivity index (χ1) is 17.7. The van der Waals surface area contributed by atoms with Crippen LogP contribution in [0.5, 0.6) is 0 Å². The van der Waals surface area contributed by atoms with Gasteiger partial charge < -0.3 is 0 Å². The Morgan fingerprint density at radius 1 is 0.486 bits per heavy atom. The standard InChI is InChI=1S/C34H30.2ClH.Cu/c1-21-15-23(3)31(24(4)16-21)19-33-29-13-9-7-11-27(29)28-12-8-10-14-30(28)34(33)20-32-25(5)17-22(2)18-26(32)6;;;/h7-18H,1-6H3;2*1H;/q-2;;;+2/p-2. The van der Waals surface area contributed by atoms with Crippen molar-refractivity contribution in [3.8, 4) is 0 Å². The zero-order chi connectivity index (χ0) is 26.7. The van der Waals surface area contributed by atoms with Crippen LogP contribution >= 0.6 is 20.2 Å². The van der Waals surface area contributed by atoms with Gasteiger partial charge in [0.15, 0.2) is 0 Å². The van der Waals surface area contributed by atoms with Gasteiger partial charge in [-0.3, -0.25) is 0 Å². The molecule has 0 aliphatic rings. The number of fused-ring (bicyclic) bond motifs is 3. The van der Waals surface area contributed by atoms with Crippen molar-refractivity contribution in [2.24, 2.45) is 0 Å². The zero-order valence-corrected chi connectivity index (χ0v) is 24.4. The maximum atomic E-state index is 4.67. The van der Waals surface area contributed by atoms with E-state index in [1.54, 1.807) is 0 Å². The van der Waals surface area contributed by atoms with E-state index in [2.05, 4.69) is 147 Å². The van der Waals surface area contributed by atoms with Crippen LogP contribution in [0, 0.1) is 41.5 Å².